The number of anilines is 2. The second-order valence-electron chi connectivity index (χ2n) is 6.79. The Hall–Kier alpha value is -3.39. The Bertz CT molecular complexity index is 1260. The number of nitrogens with one attached hydrogen (secondary N) is 2. The summed E-state index contributed by atoms with van der Waals surface area (Å²) >= 11 is 0. The molecule has 0 bridgehead atoms. The number of benzene rings is 2. The summed E-state index contributed by atoms with van der Waals surface area (Å²) in [5.74, 6) is -0.0250. The monoisotopic (exact) mass is 379 g/mol. The van der Waals surface area contributed by atoms with E-state index in [2.05, 4.69) is 15.0 Å². The molecule has 142 valence electrons. The van der Waals surface area contributed by atoms with E-state index in [-0.39, 0.29) is 16.9 Å². The van der Waals surface area contributed by atoms with E-state index < -0.39 is 0 Å². The van der Waals surface area contributed by atoms with Crippen LogP contribution in [0.25, 0.3) is 33.3 Å². The van der Waals surface area contributed by atoms with Crippen molar-refractivity contribution in [3.63, 3.8) is 0 Å². The number of nitrogen functional groups attached to an aromatic ring is 1. The molecule has 4 N–H and O–H groups in total. The first-order chi connectivity index (χ1) is 13.6. The number of rotatable bonds is 2. The predicted octanol–water partition coefficient (Wildman–Crippen LogP) is 2.63. The Labute approximate surface area is 158 Å². The summed E-state index contributed by atoms with van der Waals surface area (Å²) in [5, 5.41) is 0.734. The van der Waals surface area contributed by atoms with Crippen molar-refractivity contribution in [2.24, 2.45) is 0 Å². The molecule has 2 aromatic carbocycles. The number of imidazole rings is 1. The van der Waals surface area contributed by atoms with Gasteiger partial charge in [0, 0.05) is 24.5 Å². The summed E-state index contributed by atoms with van der Waals surface area (Å²) in [7, 11) is 0. The first kappa shape index (κ1) is 16.8. The topological polar surface area (TPSA) is 100 Å². The van der Waals surface area contributed by atoms with Gasteiger partial charge in [-0.2, -0.15) is 0 Å². The minimum Gasteiger partial charge on any atom is -0.397 e. The van der Waals surface area contributed by atoms with Gasteiger partial charge < -0.3 is 25.3 Å². The van der Waals surface area contributed by atoms with Crippen molar-refractivity contribution >= 4 is 33.3 Å². The van der Waals surface area contributed by atoms with Gasteiger partial charge >= 0.3 is 0 Å². The fourth-order valence-corrected chi connectivity index (χ4v) is 3.69. The number of nitrogens with zero attached hydrogens (tertiary/aromatic N) is 2. The summed E-state index contributed by atoms with van der Waals surface area (Å²) in [6.45, 7) is 2.37. The second kappa shape index (κ2) is 6.35. The van der Waals surface area contributed by atoms with Gasteiger partial charge in [0.25, 0.3) is 5.56 Å². The van der Waals surface area contributed by atoms with Gasteiger partial charge in [0.2, 0.25) is 0 Å². The van der Waals surface area contributed by atoms with Crippen molar-refractivity contribution in [2.75, 3.05) is 36.9 Å². The maximum Gasteiger partial charge on any atom is 0.261 e. The number of nitrogens with two attached hydrogens (primary N) is 1. The third-order valence-electron chi connectivity index (χ3n) is 5.10. The molecule has 0 amide bonds. The van der Waals surface area contributed by atoms with Crippen LogP contribution >= 0.6 is 0 Å². The maximum absolute atomic E-state index is 14.7. The van der Waals surface area contributed by atoms with Crippen molar-refractivity contribution < 1.29 is 9.13 Å². The molecule has 2 aromatic heterocycles. The van der Waals surface area contributed by atoms with E-state index in [1.165, 1.54) is 6.07 Å². The van der Waals surface area contributed by atoms with Crippen LogP contribution in [0, 0.1) is 5.82 Å². The van der Waals surface area contributed by atoms with Crippen molar-refractivity contribution in [1.29, 1.82) is 0 Å². The molecule has 0 radical (unpaired) electrons. The molecular formula is C20H18FN5O2. The van der Waals surface area contributed by atoms with E-state index in [4.69, 9.17) is 10.5 Å². The average molecular weight is 379 g/mol. The number of para-hydroxylation sites is 1. The standard InChI is InChI=1S/C20H18FN5O2/c21-12-9-14-15(10-16(12)26-5-7-28-8-6-26)24-19(23-14)17-18(22)11-3-1-2-4-13(11)25-20(17)27/h1-4,9-10H,5-8H2,(H,23,24)(H3,22,25,27). The number of H-pyrrole nitrogens is 2. The summed E-state index contributed by atoms with van der Waals surface area (Å²) in [4.78, 5) is 24.9. The van der Waals surface area contributed by atoms with Crippen LogP contribution in [0.2, 0.25) is 0 Å². The molecule has 0 spiro atoms. The number of morpholine rings is 1. The third-order valence-corrected chi connectivity index (χ3v) is 5.10. The zero-order chi connectivity index (χ0) is 19.3. The van der Waals surface area contributed by atoms with Gasteiger partial charge in [-0.25, -0.2) is 9.37 Å². The number of hydrogen-bond donors (Lipinski definition) is 3. The zero-order valence-corrected chi connectivity index (χ0v) is 15.0. The average Bonchev–Trinajstić information content (AvgIpc) is 3.10. The van der Waals surface area contributed by atoms with Crippen LogP contribution in [0.5, 0.6) is 0 Å². The Morgan fingerprint density at radius 3 is 2.71 bits per heavy atom. The SMILES string of the molecule is Nc1c(-c2nc3cc(N4CCOCC4)c(F)cc3[nH]2)c(=O)[nH]c2ccccc12. The van der Waals surface area contributed by atoms with E-state index in [1.807, 2.05) is 23.1 Å². The molecule has 8 heteroatoms. The van der Waals surface area contributed by atoms with Crippen LogP contribution in [0.15, 0.2) is 41.2 Å². The van der Waals surface area contributed by atoms with Crippen molar-refractivity contribution in [1.82, 2.24) is 15.0 Å². The summed E-state index contributed by atoms with van der Waals surface area (Å²) < 4.78 is 20.0. The Morgan fingerprint density at radius 1 is 1.11 bits per heavy atom. The highest BCUT2D eigenvalue weighted by Gasteiger charge is 2.20. The van der Waals surface area contributed by atoms with Crippen LogP contribution in [-0.2, 0) is 4.74 Å². The van der Waals surface area contributed by atoms with Crippen LogP contribution in [-0.4, -0.2) is 41.3 Å². The first-order valence-corrected chi connectivity index (χ1v) is 9.04. The van der Waals surface area contributed by atoms with Crippen molar-refractivity contribution in [2.45, 2.75) is 0 Å². The molecule has 7 nitrogen and oxygen atoms in total. The van der Waals surface area contributed by atoms with Gasteiger partial charge in [-0.1, -0.05) is 18.2 Å². The molecule has 28 heavy (non-hydrogen) atoms. The van der Waals surface area contributed by atoms with E-state index in [1.54, 1.807) is 12.1 Å². The summed E-state index contributed by atoms with van der Waals surface area (Å²) in [5.41, 5.74) is 8.75. The van der Waals surface area contributed by atoms with Crippen molar-refractivity contribution in [3.8, 4) is 11.4 Å². The van der Waals surface area contributed by atoms with Gasteiger partial charge in [-0.05, 0) is 12.1 Å². The lowest BCUT2D eigenvalue weighted by Gasteiger charge is -2.29. The molecule has 1 fully saturated rings. The molecular weight excluding hydrogens is 361 g/mol. The lowest BCUT2D eigenvalue weighted by molar-refractivity contribution is 0.122. The third kappa shape index (κ3) is 2.61. The van der Waals surface area contributed by atoms with E-state index >= 15 is 0 Å². The van der Waals surface area contributed by atoms with Crippen LogP contribution in [0.4, 0.5) is 15.8 Å². The number of hydrogen-bond acceptors (Lipinski definition) is 5. The minimum atomic E-state index is -0.343. The fourth-order valence-electron chi connectivity index (χ4n) is 3.69. The highest BCUT2D eigenvalue weighted by Crippen LogP contribution is 2.30. The molecule has 3 heterocycles. The summed E-state index contributed by atoms with van der Waals surface area (Å²) in [6, 6.07) is 10.4. The Kier molecular flexibility index (Phi) is 3.80. The minimum absolute atomic E-state index is 0.253. The van der Waals surface area contributed by atoms with E-state index in [0.717, 1.165) is 5.39 Å². The normalized spacial score (nSPS) is 14.8. The smallest absolute Gasteiger partial charge is 0.261 e. The zero-order valence-electron chi connectivity index (χ0n) is 15.0. The van der Waals surface area contributed by atoms with Gasteiger partial charge in [-0.15, -0.1) is 0 Å². The quantitative estimate of drug-likeness (QED) is 0.497. The number of ether oxygens (including phenoxy) is 1. The second-order valence-corrected chi connectivity index (χ2v) is 6.79. The number of aromatic amines is 2. The van der Waals surface area contributed by atoms with Gasteiger partial charge in [0.15, 0.2) is 0 Å². The molecule has 1 saturated heterocycles. The van der Waals surface area contributed by atoms with E-state index in [0.29, 0.717) is 60.1 Å². The lowest BCUT2D eigenvalue weighted by atomic mass is 10.1. The number of halogens is 1. The molecule has 0 atom stereocenters. The molecule has 0 aliphatic carbocycles. The van der Waals surface area contributed by atoms with Gasteiger partial charge in [0.1, 0.15) is 17.2 Å². The molecule has 5 rings (SSSR count). The fraction of sp³-hybridized carbons (Fsp3) is 0.200. The molecule has 1 aliphatic rings. The number of pyridine rings is 1. The van der Waals surface area contributed by atoms with Gasteiger partial charge in [-0.3, -0.25) is 4.79 Å². The Balaban J connectivity index is 1.66. The Morgan fingerprint density at radius 2 is 1.89 bits per heavy atom. The highest BCUT2D eigenvalue weighted by molar-refractivity contribution is 5.97. The molecule has 1 aliphatic heterocycles. The maximum atomic E-state index is 14.7. The predicted molar refractivity (Wildman–Crippen MR) is 107 cm³/mol. The number of fused-ring (bicyclic) bond motifs is 2. The molecule has 0 saturated carbocycles. The van der Waals surface area contributed by atoms with Crippen LogP contribution < -0.4 is 16.2 Å². The summed E-state index contributed by atoms with van der Waals surface area (Å²) in [6.07, 6.45) is 0. The lowest BCUT2D eigenvalue weighted by Crippen LogP contribution is -2.36. The molecule has 4 aromatic rings. The largest absolute Gasteiger partial charge is 0.397 e. The van der Waals surface area contributed by atoms with Crippen molar-refractivity contribution in [3.05, 3.63) is 52.6 Å². The van der Waals surface area contributed by atoms with Gasteiger partial charge in [0.05, 0.1) is 41.1 Å². The molecule has 0 unspecified atom stereocenters. The van der Waals surface area contributed by atoms with Crippen LogP contribution in [0.3, 0.4) is 0 Å². The van der Waals surface area contributed by atoms with E-state index in [9.17, 15) is 9.18 Å². The van der Waals surface area contributed by atoms with Crippen LogP contribution in [0.1, 0.15) is 0 Å². The first-order valence-electron chi connectivity index (χ1n) is 9.04. The highest BCUT2D eigenvalue weighted by atomic mass is 19.1. The number of aromatic nitrogens is 3.